The van der Waals surface area contributed by atoms with Gasteiger partial charge in [-0.15, -0.1) is 10.2 Å². The van der Waals surface area contributed by atoms with Gasteiger partial charge in [-0.2, -0.15) is 13.2 Å². The molecule has 0 aromatic carbocycles. The van der Waals surface area contributed by atoms with Crippen LogP contribution >= 0.6 is 0 Å². The van der Waals surface area contributed by atoms with E-state index in [9.17, 15) is 22.7 Å². The zero-order valence-corrected chi connectivity index (χ0v) is 13.0. The van der Waals surface area contributed by atoms with Crippen molar-refractivity contribution in [2.75, 3.05) is 0 Å². The molecule has 0 saturated heterocycles. The number of imidazole rings is 1. The molecule has 1 unspecified atom stereocenters. The van der Waals surface area contributed by atoms with Gasteiger partial charge in [0.1, 0.15) is 5.69 Å². The Kier molecular flexibility index (Phi) is 2.82. The maximum atomic E-state index is 14.4. The lowest BCUT2D eigenvalue weighted by atomic mass is 10.0. The molecule has 2 atom stereocenters. The highest BCUT2D eigenvalue weighted by molar-refractivity contribution is 5.53. The first kappa shape index (κ1) is 15.6. The first-order valence-corrected chi connectivity index (χ1v) is 7.56. The zero-order chi connectivity index (χ0) is 17.5. The quantitative estimate of drug-likeness (QED) is 0.849. The largest absolute Gasteiger partial charge is 0.424 e. The molecule has 2 aliphatic rings. The van der Waals surface area contributed by atoms with Gasteiger partial charge in [0.15, 0.2) is 23.1 Å². The van der Waals surface area contributed by atoms with E-state index in [4.69, 9.17) is 0 Å². The van der Waals surface area contributed by atoms with Crippen molar-refractivity contribution in [2.24, 2.45) is 0 Å². The third-order valence-corrected chi connectivity index (χ3v) is 4.74. The highest BCUT2D eigenvalue weighted by Gasteiger charge is 2.55. The van der Waals surface area contributed by atoms with Crippen molar-refractivity contribution in [3.05, 3.63) is 17.8 Å². The molecule has 4 rings (SSSR count). The summed E-state index contributed by atoms with van der Waals surface area (Å²) in [5.41, 5.74) is -4.30. The Morgan fingerprint density at radius 2 is 1.96 bits per heavy atom. The minimum Gasteiger partial charge on any atom is -0.374 e. The van der Waals surface area contributed by atoms with Crippen LogP contribution in [0.15, 0.2) is 6.20 Å². The summed E-state index contributed by atoms with van der Waals surface area (Å²) in [7, 11) is 0. The second-order valence-corrected chi connectivity index (χ2v) is 6.68. The van der Waals surface area contributed by atoms with E-state index in [0.717, 1.165) is 0 Å². The number of alkyl halides is 4. The summed E-state index contributed by atoms with van der Waals surface area (Å²) in [6, 6.07) is -0.462. The van der Waals surface area contributed by atoms with Crippen LogP contribution in [0, 0.1) is 0 Å². The van der Waals surface area contributed by atoms with Crippen molar-refractivity contribution >= 4 is 0 Å². The van der Waals surface area contributed by atoms with E-state index in [1.165, 1.54) is 10.8 Å². The number of halogens is 4. The van der Waals surface area contributed by atoms with Crippen molar-refractivity contribution < 1.29 is 22.7 Å². The fourth-order valence-electron chi connectivity index (χ4n) is 3.14. The van der Waals surface area contributed by atoms with Crippen molar-refractivity contribution in [1.29, 1.82) is 0 Å². The van der Waals surface area contributed by atoms with Crippen LogP contribution in [0.2, 0.25) is 0 Å². The molecule has 1 aliphatic carbocycles. The smallest absolute Gasteiger partial charge is 0.374 e. The van der Waals surface area contributed by atoms with E-state index in [1.807, 2.05) is 0 Å². The van der Waals surface area contributed by atoms with Gasteiger partial charge in [-0.25, -0.2) is 9.37 Å². The molecule has 1 saturated carbocycles. The fourth-order valence-corrected chi connectivity index (χ4v) is 3.14. The van der Waals surface area contributed by atoms with Crippen LogP contribution in [0.4, 0.5) is 17.6 Å². The molecule has 0 bridgehead atoms. The number of aliphatic hydroxyl groups is 1. The second-order valence-electron chi connectivity index (χ2n) is 6.68. The molecule has 1 aliphatic heterocycles. The van der Waals surface area contributed by atoms with Gasteiger partial charge in [-0.1, -0.05) is 0 Å². The normalized spacial score (nSPS) is 24.2. The summed E-state index contributed by atoms with van der Waals surface area (Å²) in [6.07, 6.45) is -2.92. The highest BCUT2D eigenvalue weighted by atomic mass is 19.4. The molecule has 0 radical (unpaired) electrons. The van der Waals surface area contributed by atoms with Crippen LogP contribution in [0.25, 0.3) is 11.5 Å². The molecule has 0 amide bonds. The summed E-state index contributed by atoms with van der Waals surface area (Å²) in [5, 5.41) is 17.8. The van der Waals surface area contributed by atoms with Crippen LogP contribution in [0.1, 0.15) is 44.4 Å². The average Bonchev–Trinajstić information content (AvgIpc) is 2.90. The Balaban J connectivity index is 1.87. The lowest BCUT2D eigenvalue weighted by molar-refractivity contribution is -0.262. The zero-order valence-electron chi connectivity index (χ0n) is 13.0. The topological polar surface area (TPSA) is 68.8 Å². The summed E-state index contributed by atoms with van der Waals surface area (Å²) < 4.78 is 56.8. The number of rotatable bonds is 2. The molecule has 10 heteroatoms. The summed E-state index contributed by atoms with van der Waals surface area (Å²) >= 11 is 0. The van der Waals surface area contributed by atoms with Gasteiger partial charge in [0.05, 0.1) is 12.2 Å². The minimum absolute atomic E-state index is 0.209. The maximum Gasteiger partial charge on any atom is 0.424 e. The van der Waals surface area contributed by atoms with Crippen molar-refractivity contribution in [3.63, 3.8) is 0 Å². The Morgan fingerprint density at radius 1 is 1.29 bits per heavy atom. The van der Waals surface area contributed by atoms with E-state index in [-0.39, 0.29) is 23.9 Å². The molecule has 2 aromatic heterocycles. The van der Waals surface area contributed by atoms with Gasteiger partial charge in [-0.05, 0) is 26.7 Å². The molecular formula is C14H15F4N5O. The molecule has 3 heterocycles. The molecule has 1 fully saturated rings. The predicted octanol–water partition coefficient (Wildman–Crippen LogP) is 2.44. The maximum absolute atomic E-state index is 14.4. The summed E-state index contributed by atoms with van der Waals surface area (Å²) in [4.78, 5) is 3.79. The van der Waals surface area contributed by atoms with Crippen molar-refractivity contribution in [1.82, 2.24) is 24.3 Å². The van der Waals surface area contributed by atoms with Crippen molar-refractivity contribution in [2.45, 2.75) is 56.7 Å². The average molecular weight is 345 g/mol. The first-order chi connectivity index (χ1) is 11.1. The Hall–Kier alpha value is -1.97. The standard InChI is InChI=1S/C14H15F4N5O/c1-7-6-22-9(20-21-11(22)13(15)3-4-13)8-5-19-10(23(7)8)12(2,24)14(16,17)18/h5,7,24H,3-4,6H2,1-2H3/t7-,12?/m0/s1. The molecule has 130 valence electrons. The van der Waals surface area contributed by atoms with E-state index < -0.39 is 29.3 Å². The SMILES string of the molecule is C[C@H]1Cn2c(nnc2C2(F)CC2)-c2cnc(C(C)(O)C(F)(F)F)n21. The van der Waals surface area contributed by atoms with E-state index in [0.29, 0.717) is 19.8 Å². The van der Waals surface area contributed by atoms with Crippen LogP contribution in [-0.2, 0) is 17.8 Å². The number of aromatic nitrogens is 5. The number of hydrogen-bond donors (Lipinski definition) is 1. The van der Waals surface area contributed by atoms with E-state index in [2.05, 4.69) is 15.2 Å². The summed E-state index contributed by atoms with van der Waals surface area (Å²) in [5.74, 6) is -0.0284. The lowest BCUT2D eigenvalue weighted by Gasteiger charge is -2.31. The Labute approximate surface area is 134 Å². The van der Waals surface area contributed by atoms with E-state index in [1.54, 1.807) is 11.5 Å². The first-order valence-electron chi connectivity index (χ1n) is 7.56. The Bertz CT molecular complexity index is 818. The highest BCUT2D eigenvalue weighted by Crippen LogP contribution is 2.50. The molecule has 24 heavy (non-hydrogen) atoms. The third-order valence-electron chi connectivity index (χ3n) is 4.74. The Morgan fingerprint density at radius 3 is 2.54 bits per heavy atom. The van der Waals surface area contributed by atoms with E-state index >= 15 is 0 Å². The molecule has 2 aromatic rings. The molecule has 0 spiro atoms. The molecule has 1 N–H and O–H groups in total. The summed E-state index contributed by atoms with van der Waals surface area (Å²) in [6.45, 7) is 2.57. The van der Waals surface area contributed by atoms with Gasteiger partial charge < -0.3 is 14.2 Å². The lowest BCUT2D eigenvalue weighted by Crippen LogP contribution is -2.42. The fraction of sp³-hybridized carbons (Fsp3) is 0.643. The third kappa shape index (κ3) is 1.89. The molecular weight excluding hydrogens is 330 g/mol. The monoisotopic (exact) mass is 345 g/mol. The van der Waals surface area contributed by atoms with Crippen LogP contribution in [0.3, 0.4) is 0 Å². The number of fused-ring (bicyclic) bond motifs is 3. The van der Waals surface area contributed by atoms with Crippen LogP contribution < -0.4 is 0 Å². The van der Waals surface area contributed by atoms with Crippen molar-refractivity contribution in [3.8, 4) is 11.5 Å². The van der Waals surface area contributed by atoms with Gasteiger partial charge in [0.2, 0.25) is 5.60 Å². The molecule has 6 nitrogen and oxygen atoms in total. The second kappa shape index (κ2) is 4.35. The predicted molar refractivity (Wildman–Crippen MR) is 73.6 cm³/mol. The number of nitrogens with zero attached hydrogens (tertiary/aromatic N) is 5. The van der Waals surface area contributed by atoms with Gasteiger partial charge in [-0.3, -0.25) is 0 Å². The van der Waals surface area contributed by atoms with Crippen LogP contribution in [-0.4, -0.2) is 35.6 Å². The van der Waals surface area contributed by atoms with Gasteiger partial charge >= 0.3 is 6.18 Å². The van der Waals surface area contributed by atoms with Crippen LogP contribution in [0.5, 0.6) is 0 Å². The number of hydrogen-bond acceptors (Lipinski definition) is 4. The van der Waals surface area contributed by atoms with Gasteiger partial charge in [0, 0.05) is 6.54 Å². The van der Waals surface area contributed by atoms with Gasteiger partial charge in [0.25, 0.3) is 0 Å². The minimum atomic E-state index is -4.87.